The van der Waals surface area contributed by atoms with E-state index in [9.17, 15) is 0 Å². The molecular weight excluding hydrogens is 226 g/mol. The van der Waals surface area contributed by atoms with Gasteiger partial charge in [0.2, 0.25) is 0 Å². The third kappa shape index (κ3) is 2.43. The van der Waals surface area contributed by atoms with Gasteiger partial charge >= 0.3 is 0 Å². The Bertz CT molecular complexity index is 365. The van der Waals surface area contributed by atoms with Gasteiger partial charge in [0.15, 0.2) is 0 Å². The average Bonchev–Trinajstić information content (AvgIpc) is 2.97. The summed E-state index contributed by atoms with van der Waals surface area (Å²) in [7, 11) is 0. The Labute approximate surface area is 108 Å². The predicted octanol–water partition coefficient (Wildman–Crippen LogP) is 4.08. The maximum Gasteiger partial charge on any atom is 0.0111 e. The molecule has 1 aromatic heterocycles. The highest BCUT2D eigenvalue weighted by atomic mass is 32.1. The molecule has 94 valence electrons. The molecule has 0 spiro atoms. The lowest BCUT2D eigenvalue weighted by molar-refractivity contribution is 0.375. The minimum absolute atomic E-state index is 0.409. The molecule has 2 N–H and O–H groups in total. The molecular formula is C15H23NS. The molecule has 3 rings (SSSR count). The van der Waals surface area contributed by atoms with E-state index in [0.29, 0.717) is 12.0 Å². The van der Waals surface area contributed by atoms with Gasteiger partial charge in [-0.2, -0.15) is 0 Å². The van der Waals surface area contributed by atoms with Gasteiger partial charge in [0.1, 0.15) is 0 Å². The van der Waals surface area contributed by atoms with E-state index in [1.165, 1.54) is 51.4 Å². The van der Waals surface area contributed by atoms with Gasteiger partial charge in [-0.1, -0.05) is 25.7 Å². The summed E-state index contributed by atoms with van der Waals surface area (Å²) in [6.07, 6.45) is 10.9. The van der Waals surface area contributed by atoms with Crippen LogP contribution in [0, 0.1) is 5.92 Å². The van der Waals surface area contributed by atoms with Gasteiger partial charge in [0, 0.05) is 16.8 Å². The second-order valence-electron chi connectivity index (χ2n) is 5.85. The van der Waals surface area contributed by atoms with Crippen molar-refractivity contribution in [2.75, 3.05) is 0 Å². The van der Waals surface area contributed by atoms with E-state index < -0.39 is 0 Å². The molecule has 0 radical (unpaired) electrons. The third-order valence-electron chi connectivity index (χ3n) is 4.70. The van der Waals surface area contributed by atoms with Crippen molar-refractivity contribution in [2.45, 2.75) is 63.3 Å². The topological polar surface area (TPSA) is 26.0 Å². The second-order valence-corrected chi connectivity index (χ2v) is 6.85. The molecule has 0 aromatic carbocycles. The van der Waals surface area contributed by atoms with Gasteiger partial charge < -0.3 is 5.73 Å². The predicted molar refractivity (Wildman–Crippen MR) is 74.5 cm³/mol. The van der Waals surface area contributed by atoms with Gasteiger partial charge in [0.25, 0.3) is 0 Å². The van der Waals surface area contributed by atoms with E-state index in [-0.39, 0.29) is 0 Å². The van der Waals surface area contributed by atoms with Crippen LogP contribution >= 0.6 is 11.3 Å². The Morgan fingerprint density at radius 1 is 1.24 bits per heavy atom. The number of thiophene rings is 1. The van der Waals surface area contributed by atoms with Gasteiger partial charge in [-0.05, 0) is 48.6 Å². The fraction of sp³-hybridized carbons (Fsp3) is 0.733. The number of rotatable bonds is 3. The lowest BCUT2D eigenvalue weighted by Crippen LogP contribution is -2.32. The van der Waals surface area contributed by atoms with E-state index >= 15 is 0 Å². The van der Waals surface area contributed by atoms with Crippen molar-refractivity contribution in [1.29, 1.82) is 0 Å². The zero-order valence-electron chi connectivity index (χ0n) is 10.5. The molecule has 2 atom stereocenters. The van der Waals surface area contributed by atoms with Crippen molar-refractivity contribution < 1.29 is 0 Å². The summed E-state index contributed by atoms with van der Waals surface area (Å²) < 4.78 is 0. The Morgan fingerprint density at radius 3 is 2.88 bits per heavy atom. The van der Waals surface area contributed by atoms with Crippen LogP contribution in [-0.2, 0) is 6.42 Å². The lowest BCUT2D eigenvalue weighted by Gasteiger charge is -2.29. The first-order valence-electron chi connectivity index (χ1n) is 7.16. The first-order chi connectivity index (χ1) is 8.34. The summed E-state index contributed by atoms with van der Waals surface area (Å²) in [5.74, 6) is 1.58. The standard InChI is InChI=1S/C15H23NS/c16-14(10-11-4-1-2-5-11)12-6-3-7-15-13(12)8-9-17-15/h8-9,11-12,14H,1-7,10,16H2. The molecule has 2 heteroatoms. The molecule has 1 saturated carbocycles. The largest absolute Gasteiger partial charge is 0.327 e. The summed E-state index contributed by atoms with van der Waals surface area (Å²) in [4.78, 5) is 1.61. The summed E-state index contributed by atoms with van der Waals surface area (Å²) in [5, 5.41) is 2.26. The highest BCUT2D eigenvalue weighted by Crippen LogP contribution is 2.39. The number of nitrogens with two attached hydrogens (primary N) is 1. The van der Waals surface area contributed by atoms with Crippen LogP contribution in [0.1, 0.15) is 61.3 Å². The summed E-state index contributed by atoms with van der Waals surface area (Å²) in [5.41, 5.74) is 8.10. The van der Waals surface area contributed by atoms with E-state index in [4.69, 9.17) is 5.73 Å². The average molecular weight is 249 g/mol. The number of aryl methyl sites for hydroxylation is 1. The lowest BCUT2D eigenvalue weighted by atomic mass is 9.79. The first-order valence-corrected chi connectivity index (χ1v) is 8.04. The van der Waals surface area contributed by atoms with E-state index in [1.54, 1.807) is 10.4 Å². The molecule has 0 saturated heterocycles. The highest BCUT2D eigenvalue weighted by molar-refractivity contribution is 7.10. The highest BCUT2D eigenvalue weighted by Gasteiger charge is 2.28. The maximum absolute atomic E-state index is 6.51. The van der Waals surface area contributed by atoms with Gasteiger partial charge in [0.05, 0.1) is 0 Å². The van der Waals surface area contributed by atoms with Crippen molar-refractivity contribution in [3.8, 4) is 0 Å². The first kappa shape index (κ1) is 11.7. The molecule has 1 aromatic rings. The van der Waals surface area contributed by atoms with Crippen LogP contribution in [0.4, 0.5) is 0 Å². The third-order valence-corrected chi connectivity index (χ3v) is 5.69. The Morgan fingerprint density at radius 2 is 2.06 bits per heavy atom. The van der Waals surface area contributed by atoms with Gasteiger partial charge in [-0.3, -0.25) is 0 Å². The number of hydrogen-bond acceptors (Lipinski definition) is 2. The normalized spacial score (nSPS) is 27.0. The smallest absolute Gasteiger partial charge is 0.0111 e. The van der Waals surface area contributed by atoms with Crippen LogP contribution < -0.4 is 5.73 Å². The molecule has 1 fully saturated rings. The fourth-order valence-corrected chi connectivity index (χ4v) is 4.76. The fourth-order valence-electron chi connectivity index (χ4n) is 3.76. The number of hydrogen-bond donors (Lipinski definition) is 1. The van der Waals surface area contributed by atoms with Crippen LogP contribution in [0.3, 0.4) is 0 Å². The summed E-state index contributed by atoms with van der Waals surface area (Å²) >= 11 is 1.93. The minimum atomic E-state index is 0.409. The molecule has 1 heterocycles. The van der Waals surface area contributed by atoms with Crippen LogP contribution in [-0.4, -0.2) is 6.04 Å². The molecule has 0 aliphatic heterocycles. The van der Waals surface area contributed by atoms with Crippen LogP contribution in [0.2, 0.25) is 0 Å². The molecule has 0 amide bonds. The van der Waals surface area contributed by atoms with Crippen molar-refractivity contribution >= 4 is 11.3 Å². The summed E-state index contributed by atoms with van der Waals surface area (Å²) in [6.45, 7) is 0. The van der Waals surface area contributed by atoms with E-state index in [0.717, 1.165) is 5.92 Å². The Balaban J connectivity index is 1.68. The number of fused-ring (bicyclic) bond motifs is 1. The van der Waals surface area contributed by atoms with Crippen LogP contribution in [0.15, 0.2) is 11.4 Å². The SMILES string of the molecule is NC(CC1CCCC1)C1CCCc2sccc21. The quantitative estimate of drug-likeness (QED) is 0.858. The Kier molecular flexibility index (Phi) is 3.53. The molecule has 17 heavy (non-hydrogen) atoms. The van der Waals surface area contributed by atoms with E-state index in [2.05, 4.69) is 11.4 Å². The van der Waals surface area contributed by atoms with E-state index in [1.807, 2.05) is 11.3 Å². The maximum atomic E-state index is 6.51. The monoisotopic (exact) mass is 249 g/mol. The molecule has 2 aliphatic carbocycles. The minimum Gasteiger partial charge on any atom is -0.327 e. The zero-order chi connectivity index (χ0) is 11.7. The van der Waals surface area contributed by atoms with Crippen molar-refractivity contribution in [3.05, 3.63) is 21.9 Å². The van der Waals surface area contributed by atoms with Gasteiger partial charge in [-0.25, -0.2) is 0 Å². The second kappa shape index (κ2) is 5.11. The van der Waals surface area contributed by atoms with Gasteiger partial charge in [-0.15, -0.1) is 11.3 Å². The van der Waals surface area contributed by atoms with Crippen molar-refractivity contribution in [2.24, 2.45) is 11.7 Å². The molecule has 2 unspecified atom stereocenters. The zero-order valence-corrected chi connectivity index (χ0v) is 11.3. The van der Waals surface area contributed by atoms with Crippen LogP contribution in [0.25, 0.3) is 0 Å². The molecule has 1 nitrogen and oxygen atoms in total. The Hall–Kier alpha value is -0.340. The molecule has 2 aliphatic rings. The molecule has 0 bridgehead atoms. The van der Waals surface area contributed by atoms with Crippen LogP contribution in [0.5, 0.6) is 0 Å². The van der Waals surface area contributed by atoms with Crippen molar-refractivity contribution in [1.82, 2.24) is 0 Å². The van der Waals surface area contributed by atoms with Crippen molar-refractivity contribution in [3.63, 3.8) is 0 Å². The summed E-state index contributed by atoms with van der Waals surface area (Å²) in [6, 6.07) is 2.74.